The van der Waals surface area contributed by atoms with Crippen LogP contribution in [0.5, 0.6) is 0 Å². The zero-order chi connectivity index (χ0) is 15.5. The Labute approximate surface area is 130 Å². The van der Waals surface area contributed by atoms with Gasteiger partial charge in [-0.05, 0) is 36.4 Å². The van der Waals surface area contributed by atoms with E-state index in [9.17, 15) is 0 Å². The molecular weight excluding hydrogens is 262 g/mol. The maximum absolute atomic E-state index is 5.57. The molecule has 0 bridgehead atoms. The second-order valence-corrected chi connectivity index (χ2v) is 5.75. The zero-order valence-electron chi connectivity index (χ0n) is 14.0. The molecule has 21 heavy (non-hydrogen) atoms. The topological polar surface area (TPSA) is 30.5 Å². The second-order valence-electron chi connectivity index (χ2n) is 5.75. The fraction of sp³-hybridized carbons (Fsp3) is 0.667. The number of rotatable bonds is 11. The van der Waals surface area contributed by atoms with E-state index in [0.29, 0.717) is 25.2 Å². The minimum atomic E-state index is 0.474. The van der Waals surface area contributed by atoms with Gasteiger partial charge in [-0.2, -0.15) is 0 Å². The molecular formula is C18H31NO2. The maximum Gasteiger partial charge on any atom is 0.0700 e. The third-order valence-electron chi connectivity index (χ3n) is 3.66. The number of ether oxygens (including phenoxy) is 2. The summed E-state index contributed by atoms with van der Waals surface area (Å²) >= 11 is 0. The lowest BCUT2D eigenvalue weighted by molar-refractivity contribution is 0.0659. The molecule has 1 unspecified atom stereocenters. The van der Waals surface area contributed by atoms with Gasteiger partial charge in [0.05, 0.1) is 13.2 Å². The number of nitrogens with one attached hydrogen (secondary N) is 1. The lowest BCUT2D eigenvalue weighted by Gasteiger charge is -2.18. The molecule has 1 N–H and O–H groups in total. The number of likely N-dealkylation sites (N-methyl/N-ethyl adjacent to an activating group) is 1. The molecule has 0 spiro atoms. The Morgan fingerprint density at radius 3 is 2.33 bits per heavy atom. The predicted octanol–water partition coefficient (Wildman–Crippen LogP) is 3.38. The molecule has 0 aliphatic carbocycles. The molecule has 0 radical (unpaired) electrons. The van der Waals surface area contributed by atoms with Crippen molar-refractivity contribution in [3.63, 3.8) is 0 Å². The molecule has 1 atom stereocenters. The van der Waals surface area contributed by atoms with Crippen molar-refractivity contribution in [2.24, 2.45) is 0 Å². The summed E-state index contributed by atoms with van der Waals surface area (Å²) in [4.78, 5) is 0. The standard InChI is InChI=1S/C18H31NO2/c1-5-19-18(10-11-21-13-12-20-4)14-16-6-8-17(9-7-16)15(2)3/h6-9,15,18-19H,5,10-14H2,1-4H3. The van der Waals surface area contributed by atoms with Crippen LogP contribution in [0.3, 0.4) is 0 Å². The van der Waals surface area contributed by atoms with Gasteiger partial charge in [0.1, 0.15) is 0 Å². The van der Waals surface area contributed by atoms with Crippen LogP contribution < -0.4 is 5.32 Å². The van der Waals surface area contributed by atoms with E-state index in [1.54, 1.807) is 7.11 Å². The van der Waals surface area contributed by atoms with Gasteiger partial charge < -0.3 is 14.8 Å². The number of hydrogen-bond acceptors (Lipinski definition) is 3. The SMILES string of the molecule is CCNC(CCOCCOC)Cc1ccc(C(C)C)cc1. The third kappa shape index (κ3) is 7.60. The van der Waals surface area contributed by atoms with Crippen LogP contribution in [-0.4, -0.2) is 39.5 Å². The monoisotopic (exact) mass is 293 g/mol. The number of benzene rings is 1. The lowest BCUT2D eigenvalue weighted by atomic mass is 9.98. The van der Waals surface area contributed by atoms with Gasteiger partial charge in [0.15, 0.2) is 0 Å². The van der Waals surface area contributed by atoms with Crippen molar-refractivity contribution in [3.05, 3.63) is 35.4 Å². The Kier molecular flexibility index (Phi) is 9.31. The van der Waals surface area contributed by atoms with Crippen molar-refractivity contribution in [1.29, 1.82) is 0 Å². The summed E-state index contributed by atoms with van der Waals surface area (Å²) in [6, 6.07) is 9.48. The Morgan fingerprint density at radius 2 is 1.76 bits per heavy atom. The molecule has 0 saturated heterocycles. The third-order valence-corrected chi connectivity index (χ3v) is 3.66. The van der Waals surface area contributed by atoms with Gasteiger partial charge in [-0.15, -0.1) is 0 Å². The van der Waals surface area contributed by atoms with Crippen molar-refractivity contribution >= 4 is 0 Å². The number of hydrogen-bond donors (Lipinski definition) is 1. The van der Waals surface area contributed by atoms with Crippen LogP contribution in [-0.2, 0) is 15.9 Å². The van der Waals surface area contributed by atoms with Crippen molar-refractivity contribution in [2.45, 2.75) is 45.6 Å². The van der Waals surface area contributed by atoms with E-state index in [1.165, 1.54) is 11.1 Å². The Morgan fingerprint density at radius 1 is 1.05 bits per heavy atom. The van der Waals surface area contributed by atoms with Crippen molar-refractivity contribution in [2.75, 3.05) is 33.5 Å². The van der Waals surface area contributed by atoms with Gasteiger partial charge in [-0.1, -0.05) is 45.0 Å². The first-order chi connectivity index (χ1) is 10.2. The second kappa shape index (κ2) is 10.8. The van der Waals surface area contributed by atoms with Gasteiger partial charge in [0, 0.05) is 19.8 Å². The molecule has 0 aliphatic rings. The van der Waals surface area contributed by atoms with Crippen LogP contribution in [0, 0.1) is 0 Å². The van der Waals surface area contributed by atoms with Crippen molar-refractivity contribution in [1.82, 2.24) is 5.32 Å². The molecule has 0 saturated carbocycles. The van der Waals surface area contributed by atoms with Crippen LogP contribution in [0.2, 0.25) is 0 Å². The highest BCUT2D eigenvalue weighted by atomic mass is 16.5. The van der Waals surface area contributed by atoms with Gasteiger partial charge in [-0.25, -0.2) is 0 Å². The Balaban J connectivity index is 2.41. The van der Waals surface area contributed by atoms with Gasteiger partial charge >= 0.3 is 0 Å². The maximum atomic E-state index is 5.57. The first-order valence-electron chi connectivity index (χ1n) is 8.06. The van der Waals surface area contributed by atoms with E-state index in [4.69, 9.17) is 9.47 Å². The molecule has 0 aliphatic heterocycles. The van der Waals surface area contributed by atoms with Crippen LogP contribution in [0.4, 0.5) is 0 Å². The predicted molar refractivity (Wildman–Crippen MR) is 89.0 cm³/mol. The number of methoxy groups -OCH3 is 1. The summed E-state index contributed by atoms with van der Waals surface area (Å²) in [5, 5.41) is 3.55. The van der Waals surface area contributed by atoms with E-state index >= 15 is 0 Å². The zero-order valence-corrected chi connectivity index (χ0v) is 14.0. The first-order valence-corrected chi connectivity index (χ1v) is 8.06. The summed E-state index contributed by atoms with van der Waals surface area (Å²) in [5.74, 6) is 0.595. The van der Waals surface area contributed by atoms with E-state index in [2.05, 4.69) is 50.4 Å². The van der Waals surface area contributed by atoms with E-state index in [1.807, 2.05) is 0 Å². The van der Waals surface area contributed by atoms with Crippen LogP contribution in [0.25, 0.3) is 0 Å². The van der Waals surface area contributed by atoms with Crippen LogP contribution in [0.1, 0.15) is 44.2 Å². The minimum absolute atomic E-state index is 0.474. The molecule has 0 amide bonds. The molecule has 0 fully saturated rings. The lowest BCUT2D eigenvalue weighted by Crippen LogP contribution is -2.32. The molecule has 3 nitrogen and oxygen atoms in total. The summed E-state index contributed by atoms with van der Waals surface area (Å²) in [6.45, 7) is 9.74. The van der Waals surface area contributed by atoms with Crippen molar-refractivity contribution in [3.8, 4) is 0 Å². The molecule has 120 valence electrons. The van der Waals surface area contributed by atoms with Gasteiger partial charge in [0.25, 0.3) is 0 Å². The Hall–Kier alpha value is -0.900. The fourth-order valence-electron chi connectivity index (χ4n) is 2.36. The van der Waals surface area contributed by atoms with Crippen molar-refractivity contribution < 1.29 is 9.47 Å². The molecule has 0 heterocycles. The van der Waals surface area contributed by atoms with Crippen LogP contribution >= 0.6 is 0 Å². The van der Waals surface area contributed by atoms with Gasteiger partial charge in [0.2, 0.25) is 0 Å². The largest absolute Gasteiger partial charge is 0.382 e. The normalized spacial score (nSPS) is 12.8. The smallest absolute Gasteiger partial charge is 0.0700 e. The first kappa shape index (κ1) is 18.1. The molecule has 3 heteroatoms. The average Bonchev–Trinajstić information content (AvgIpc) is 2.47. The highest BCUT2D eigenvalue weighted by molar-refractivity contribution is 5.25. The average molecular weight is 293 g/mol. The molecule has 0 aromatic heterocycles. The summed E-state index contributed by atoms with van der Waals surface area (Å²) in [5.41, 5.74) is 2.80. The van der Waals surface area contributed by atoms with E-state index in [0.717, 1.165) is 26.0 Å². The Bertz CT molecular complexity index is 362. The van der Waals surface area contributed by atoms with E-state index in [-0.39, 0.29) is 0 Å². The highest BCUT2D eigenvalue weighted by Crippen LogP contribution is 2.16. The summed E-state index contributed by atoms with van der Waals surface area (Å²) in [7, 11) is 1.70. The summed E-state index contributed by atoms with van der Waals surface area (Å²) < 4.78 is 10.6. The molecule has 1 aromatic rings. The minimum Gasteiger partial charge on any atom is -0.382 e. The fourth-order valence-corrected chi connectivity index (χ4v) is 2.36. The highest BCUT2D eigenvalue weighted by Gasteiger charge is 2.09. The molecule has 1 rings (SSSR count). The quantitative estimate of drug-likeness (QED) is 0.634. The van der Waals surface area contributed by atoms with Crippen LogP contribution in [0.15, 0.2) is 24.3 Å². The summed E-state index contributed by atoms with van der Waals surface area (Å²) in [6.07, 6.45) is 2.09. The van der Waals surface area contributed by atoms with Gasteiger partial charge in [-0.3, -0.25) is 0 Å². The van der Waals surface area contributed by atoms with E-state index < -0.39 is 0 Å². The molecule has 1 aromatic carbocycles.